The first-order chi connectivity index (χ1) is 10.5. The molecule has 0 saturated heterocycles. The van der Waals surface area contributed by atoms with Gasteiger partial charge in [0.1, 0.15) is 17.2 Å². The van der Waals surface area contributed by atoms with Gasteiger partial charge in [-0.1, -0.05) is 0 Å². The average Bonchev–Trinajstić information content (AvgIpc) is 2.79. The van der Waals surface area contributed by atoms with Crippen LogP contribution in [0.4, 0.5) is 15.9 Å². The maximum absolute atomic E-state index is 14.0. The lowest BCUT2D eigenvalue weighted by Crippen LogP contribution is -2.09. The highest BCUT2D eigenvalue weighted by Gasteiger charge is 2.20. The number of nitrogens with zero attached hydrogens (tertiary/aromatic N) is 1. The van der Waals surface area contributed by atoms with Gasteiger partial charge < -0.3 is 14.6 Å². The molecule has 0 fully saturated rings. The number of esters is 1. The topological polar surface area (TPSA) is 60.3 Å². The quantitative estimate of drug-likeness (QED) is 0.461. The van der Waals surface area contributed by atoms with E-state index in [9.17, 15) is 14.0 Å². The molecule has 116 valence electrons. The maximum atomic E-state index is 14.0. The molecule has 1 aromatic heterocycles. The van der Waals surface area contributed by atoms with E-state index < -0.39 is 11.8 Å². The second kappa shape index (κ2) is 6.91. The summed E-state index contributed by atoms with van der Waals surface area (Å²) in [6, 6.07) is 6.09. The second-order valence-corrected chi connectivity index (χ2v) is 5.72. The first kappa shape index (κ1) is 16.5. The Bertz CT molecular complexity index is 728. The Labute approximate surface area is 140 Å². The molecule has 1 aromatic carbocycles. The van der Waals surface area contributed by atoms with E-state index in [0.29, 0.717) is 12.1 Å². The Hall–Kier alpha value is -1.90. The van der Waals surface area contributed by atoms with Crippen molar-refractivity contribution in [3.05, 3.63) is 44.9 Å². The molecule has 1 heterocycles. The van der Waals surface area contributed by atoms with Crippen LogP contribution in [0.3, 0.4) is 0 Å². The fourth-order valence-electron chi connectivity index (χ4n) is 1.97. The summed E-state index contributed by atoms with van der Waals surface area (Å²) in [5, 5.41) is 2.86. The number of aldehydes is 1. The smallest absolute Gasteiger partial charge is 0.341 e. The molecule has 2 aromatic rings. The molecule has 2 rings (SSSR count). The Balaban J connectivity index is 2.46. The van der Waals surface area contributed by atoms with Crippen LogP contribution in [-0.4, -0.2) is 23.4 Å². The summed E-state index contributed by atoms with van der Waals surface area (Å²) < 4.78 is 21.2. The van der Waals surface area contributed by atoms with Crippen molar-refractivity contribution in [1.82, 2.24) is 4.57 Å². The molecular formula is C15H14FIN2O3. The highest BCUT2D eigenvalue weighted by Crippen LogP contribution is 2.27. The van der Waals surface area contributed by atoms with E-state index in [2.05, 4.69) is 5.32 Å². The van der Waals surface area contributed by atoms with Gasteiger partial charge in [0.25, 0.3) is 0 Å². The van der Waals surface area contributed by atoms with Crippen molar-refractivity contribution in [2.45, 2.75) is 6.92 Å². The minimum Gasteiger partial charge on any atom is -0.462 e. The molecule has 0 unspecified atom stereocenters. The fourth-order valence-corrected chi connectivity index (χ4v) is 2.42. The molecule has 7 heteroatoms. The first-order valence-electron chi connectivity index (χ1n) is 6.52. The summed E-state index contributed by atoms with van der Waals surface area (Å²) >= 11 is 2.00. The van der Waals surface area contributed by atoms with Crippen LogP contribution in [0.25, 0.3) is 0 Å². The molecule has 0 saturated carbocycles. The van der Waals surface area contributed by atoms with Crippen molar-refractivity contribution in [1.29, 1.82) is 0 Å². The van der Waals surface area contributed by atoms with Crippen LogP contribution in [0, 0.1) is 9.39 Å². The molecule has 0 aliphatic carbocycles. The number of halogens is 2. The summed E-state index contributed by atoms with van der Waals surface area (Å²) in [7, 11) is 1.61. The number of ether oxygens (including phenoxy) is 1. The molecule has 0 bridgehead atoms. The SMILES string of the molecule is CCOC(=O)c1cc(C=O)n(C)c1Nc1ccc(I)cc1F. The standard InChI is InChI=1S/C15H14FIN2O3/c1-3-22-15(21)11-7-10(8-20)19(2)14(11)18-13-5-4-9(17)6-12(13)16/h4-8,18H,3H2,1-2H3. The number of aromatic nitrogens is 1. The molecule has 22 heavy (non-hydrogen) atoms. The molecule has 0 aliphatic heterocycles. The lowest BCUT2D eigenvalue weighted by Gasteiger charge is -2.12. The van der Waals surface area contributed by atoms with Crippen molar-refractivity contribution in [3.8, 4) is 0 Å². The number of hydrogen-bond acceptors (Lipinski definition) is 4. The Morgan fingerprint density at radius 1 is 1.45 bits per heavy atom. The number of carbonyl (C=O) groups excluding carboxylic acids is 2. The van der Waals surface area contributed by atoms with Crippen LogP contribution < -0.4 is 5.32 Å². The largest absolute Gasteiger partial charge is 0.462 e. The number of benzene rings is 1. The molecular weight excluding hydrogens is 402 g/mol. The van der Waals surface area contributed by atoms with Gasteiger partial charge in [0.2, 0.25) is 0 Å². The van der Waals surface area contributed by atoms with Crippen molar-refractivity contribution in [2.24, 2.45) is 7.05 Å². The Kier molecular flexibility index (Phi) is 5.17. The number of nitrogens with one attached hydrogen (secondary N) is 1. The summed E-state index contributed by atoms with van der Waals surface area (Å²) in [6.07, 6.45) is 0.623. The van der Waals surface area contributed by atoms with Crippen molar-refractivity contribution < 1.29 is 18.7 Å². The number of anilines is 2. The van der Waals surface area contributed by atoms with E-state index in [1.165, 1.54) is 16.7 Å². The van der Waals surface area contributed by atoms with E-state index in [1.54, 1.807) is 26.1 Å². The fraction of sp³-hybridized carbons (Fsp3) is 0.200. The summed E-state index contributed by atoms with van der Waals surface area (Å²) in [5.41, 5.74) is 0.686. The predicted octanol–water partition coefficient (Wildman–Crippen LogP) is 3.50. The van der Waals surface area contributed by atoms with Crippen LogP contribution in [-0.2, 0) is 11.8 Å². The second-order valence-electron chi connectivity index (χ2n) is 4.48. The molecule has 0 spiro atoms. The third-order valence-electron chi connectivity index (χ3n) is 3.07. The van der Waals surface area contributed by atoms with E-state index >= 15 is 0 Å². The number of hydrogen-bond donors (Lipinski definition) is 1. The monoisotopic (exact) mass is 416 g/mol. The van der Waals surface area contributed by atoms with Crippen LogP contribution in [0.5, 0.6) is 0 Å². The molecule has 0 radical (unpaired) electrons. The summed E-state index contributed by atoms with van der Waals surface area (Å²) in [4.78, 5) is 23.1. The Morgan fingerprint density at radius 2 is 2.18 bits per heavy atom. The summed E-state index contributed by atoms with van der Waals surface area (Å²) in [6.45, 7) is 1.90. The van der Waals surface area contributed by atoms with Crippen LogP contribution >= 0.6 is 22.6 Å². The van der Waals surface area contributed by atoms with Gasteiger partial charge >= 0.3 is 5.97 Å². The number of carbonyl (C=O) groups is 2. The highest BCUT2D eigenvalue weighted by molar-refractivity contribution is 14.1. The van der Waals surface area contributed by atoms with Crippen LogP contribution in [0.1, 0.15) is 27.8 Å². The lowest BCUT2D eigenvalue weighted by atomic mass is 10.2. The van der Waals surface area contributed by atoms with E-state index in [1.807, 2.05) is 22.6 Å². The minimum atomic E-state index is -0.570. The third-order valence-corrected chi connectivity index (χ3v) is 3.74. The van der Waals surface area contributed by atoms with Gasteiger partial charge in [-0.25, -0.2) is 9.18 Å². The van der Waals surface area contributed by atoms with Gasteiger partial charge in [0, 0.05) is 10.6 Å². The summed E-state index contributed by atoms with van der Waals surface area (Å²) in [5.74, 6) is -0.712. The maximum Gasteiger partial charge on any atom is 0.341 e. The van der Waals surface area contributed by atoms with E-state index in [0.717, 1.165) is 3.57 Å². The zero-order valence-corrected chi connectivity index (χ0v) is 14.2. The molecule has 1 N–H and O–H groups in total. The first-order valence-corrected chi connectivity index (χ1v) is 7.59. The van der Waals surface area contributed by atoms with Crippen LogP contribution in [0.2, 0.25) is 0 Å². The molecule has 0 atom stereocenters. The highest BCUT2D eigenvalue weighted by atomic mass is 127. The van der Waals surface area contributed by atoms with Gasteiger partial charge in [-0.3, -0.25) is 4.79 Å². The predicted molar refractivity (Wildman–Crippen MR) is 89.2 cm³/mol. The van der Waals surface area contributed by atoms with Crippen molar-refractivity contribution in [2.75, 3.05) is 11.9 Å². The van der Waals surface area contributed by atoms with E-state index in [-0.39, 0.29) is 23.6 Å². The zero-order chi connectivity index (χ0) is 16.3. The number of rotatable bonds is 5. The van der Waals surface area contributed by atoms with Gasteiger partial charge in [-0.15, -0.1) is 0 Å². The molecule has 5 nitrogen and oxygen atoms in total. The van der Waals surface area contributed by atoms with Gasteiger partial charge in [0.05, 0.1) is 18.0 Å². The van der Waals surface area contributed by atoms with E-state index in [4.69, 9.17) is 4.74 Å². The normalized spacial score (nSPS) is 10.4. The lowest BCUT2D eigenvalue weighted by molar-refractivity contribution is 0.0527. The van der Waals surface area contributed by atoms with Gasteiger partial charge in [0.15, 0.2) is 6.29 Å². The third kappa shape index (κ3) is 3.29. The minimum absolute atomic E-state index is 0.185. The van der Waals surface area contributed by atoms with Crippen molar-refractivity contribution in [3.63, 3.8) is 0 Å². The van der Waals surface area contributed by atoms with Crippen LogP contribution in [0.15, 0.2) is 24.3 Å². The zero-order valence-electron chi connectivity index (χ0n) is 12.0. The van der Waals surface area contributed by atoms with Gasteiger partial charge in [-0.05, 0) is 53.8 Å². The molecule has 0 amide bonds. The van der Waals surface area contributed by atoms with Crippen molar-refractivity contribution >= 4 is 46.4 Å². The van der Waals surface area contributed by atoms with Gasteiger partial charge in [-0.2, -0.15) is 0 Å². The molecule has 0 aliphatic rings. The average molecular weight is 416 g/mol. The Morgan fingerprint density at radius 3 is 2.77 bits per heavy atom.